The van der Waals surface area contributed by atoms with Crippen LogP contribution in [0.3, 0.4) is 0 Å². The molecule has 2 amide bonds. The minimum Gasteiger partial charge on any atom is -0.491 e. The third kappa shape index (κ3) is 4.65. The summed E-state index contributed by atoms with van der Waals surface area (Å²) in [6.07, 6.45) is 1.80. The minimum absolute atomic E-state index is 0.204. The van der Waals surface area contributed by atoms with Gasteiger partial charge in [-0.3, -0.25) is 14.5 Å². The fourth-order valence-corrected chi connectivity index (χ4v) is 5.11. The second-order valence-electron chi connectivity index (χ2n) is 8.50. The third-order valence-corrected chi connectivity index (χ3v) is 7.34. The lowest BCUT2D eigenvalue weighted by Gasteiger charge is -2.14. The molecule has 0 radical (unpaired) electrons. The van der Waals surface area contributed by atoms with Crippen LogP contribution in [0.15, 0.2) is 47.4 Å². The van der Waals surface area contributed by atoms with Gasteiger partial charge < -0.3 is 9.30 Å². The minimum atomic E-state index is -0.289. The summed E-state index contributed by atoms with van der Waals surface area (Å²) in [6, 6.07) is 13.8. The number of benzene rings is 2. The SMILES string of the molecule is Cc1ccc(C)c(OCCN2C(=O)S/C(=C\c3cc(C)n(-c4cccc(Cl)c4C)c3C)C2=O)c1. The smallest absolute Gasteiger partial charge is 0.293 e. The van der Waals surface area contributed by atoms with E-state index in [4.69, 9.17) is 16.3 Å². The molecule has 2 heterocycles. The van der Waals surface area contributed by atoms with Crippen LogP contribution in [0, 0.1) is 34.6 Å². The number of thioether (sulfide) groups is 1. The Morgan fingerprint density at radius 3 is 2.56 bits per heavy atom. The molecule has 0 spiro atoms. The standard InChI is InChI=1S/C27H27ClN2O3S/c1-16-9-10-17(2)24(13-16)33-12-11-29-26(31)25(34-27(29)32)15-21-14-18(3)30(20(21)5)23-8-6-7-22(28)19(23)4/h6-10,13-15H,11-12H2,1-5H3/b25-15-. The second kappa shape index (κ2) is 9.72. The summed E-state index contributed by atoms with van der Waals surface area (Å²) in [5.74, 6) is 0.481. The van der Waals surface area contributed by atoms with Crippen molar-refractivity contribution in [1.82, 2.24) is 9.47 Å². The second-order valence-corrected chi connectivity index (χ2v) is 9.90. The predicted molar refractivity (Wildman–Crippen MR) is 139 cm³/mol. The number of hydrogen-bond acceptors (Lipinski definition) is 4. The van der Waals surface area contributed by atoms with Crippen molar-refractivity contribution in [2.75, 3.05) is 13.2 Å². The van der Waals surface area contributed by atoms with Crippen molar-refractivity contribution in [2.45, 2.75) is 34.6 Å². The van der Waals surface area contributed by atoms with Crippen molar-refractivity contribution in [3.05, 3.63) is 86.0 Å². The maximum absolute atomic E-state index is 13.0. The maximum atomic E-state index is 13.0. The van der Waals surface area contributed by atoms with E-state index in [-0.39, 0.29) is 24.3 Å². The number of aryl methyl sites for hydroxylation is 3. The first-order valence-electron chi connectivity index (χ1n) is 11.1. The van der Waals surface area contributed by atoms with Gasteiger partial charge in [-0.1, -0.05) is 29.8 Å². The third-order valence-electron chi connectivity index (χ3n) is 6.03. The van der Waals surface area contributed by atoms with Crippen LogP contribution in [0.4, 0.5) is 4.79 Å². The molecule has 1 aliphatic rings. The van der Waals surface area contributed by atoms with Gasteiger partial charge in [0.05, 0.1) is 11.4 Å². The van der Waals surface area contributed by atoms with Crippen LogP contribution in [-0.2, 0) is 4.79 Å². The van der Waals surface area contributed by atoms with Crippen molar-refractivity contribution in [1.29, 1.82) is 0 Å². The first-order valence-corrected chi connectivity index (χ1v) is 12.3. The molecular formula is C27H27ClN2O3S. The van der Waals surface area contributed by atoms with Crippen molar-refractivity contribution in [3.63, 3.8) is 0 Å². The van der Waals surface area contributed by atoms with Gasteiger partial charge >= 0.3 is 0 Å². The van der Waals surface area contributed by atoms with Gasteiger partial charge in [-0.05, 0) is 99.0 Å². The maximum Gasteiger partial charge on any atom is 0.293 e. The molecule has 0 atom stereocenters. The van der Waals surface area contributed by atoms with E-state index in [1.807, 2.05) is 77.1 Å². The van der Waals surface area contributed by atoms with E-state index in [1.165, 1.54) is 4.90 Å². The topological polar surface area (TPSA) is 51.5 Å². The van der Waals surface area contributed by atoms with E-state index in [1.54, 1.807) is 6.08 Å². The highest BCUT2D eigenvalue weighted by molar-refractivity contribution is 8.18. The average Bonchev–Trinajstić information content (AvgIpc) is 3.21. The number of rotatable bonds is 6. The Balaban J connectivity index is 1.52. The van der Waals surface area contributed by atoms with E-state index >= 15 is 0 Å². The van der Waals surface area contributed by atoms with Gasteiger partial charge in [0.2, 0.25) is 0 Å². The molecule has 2 aromatic carbocycles. The zero-order valence-corrected chi connectivity index (χ0v) is 21.5. The van der Waals surface area contributed by atoms with Crippen LogP contribution in [0.1, 0.15) is 33.6 Å². The van der Waals surface area contributed by atoms with Crippen LogP contribution in [-0.4, -0.2) is 33.8 Å². The van der Waals surface area contributed by atoms with Gasteiger partial charge in [-0.15, -0.1) is 0 Å². The monoisotopic (exact) mass is 494 g/mol. The summed E-state index contributed by atoms with van der Waals surface area (Å²) in [7, 11) is 0. The number of halogens is 1. The molecule has 3 aromatic rings. The normalized spacial score (nSPS) is 15.0. The van der Waals surface area contributed by atoms with E-state index in [0.717, 1.165) is 56.8 Å². The highest BCUT2D eigenvalue weighted by Gasteiger charge is 2.35. The number of imide groups is 1. The highest BCUT2D eigenvalue weighted by atomic mass is 35.5. The molecule has 34 heavy (non-hydrogen) atoms. The summed E-state index contributed by atoms with van der Waals surface area (Å²) < 4.78 is 7.97. The molecule has 176 valence electrons. The lowest BCUT2D eigenvalue weighted by molar-refractivity contribution is -0.123. The van der Waals surface area contributed by atoms with Crippen molar-refractivity contribution in [2.24, 2.45) is 0 Å². The number of ether oxygens (including phenoxy) is 1. The van der Waals surface area contributed by atoms with Crippen molar-refractivity contribution >= 4 is 40.6 Å². The number of aromatic nitrogens is 1. The molecule has 0 unspecified atom stereocenters. The van der Waals surface area contributed by atoms with Crippen LogP contribution >= 0.6 is 23.4 Å². The summed E-state index contributed by atoms with van der Waals surface area (Å²) in [6.45, 7) is 10.4. The Labute approximate surface area is 209 Å². The lowest BCUT2D eigenvalue weighted by Crippen LogP contribution is -2.32. The zero-order valence-electron chi connectivity index (χ0n) is 19.9. The zero-order chi connectivity index (χ0) is 24.6. The summed E-state index contributed by atoms with van der Waals surface area (Å²) in [4.78, 5) is 27.2. The first kappa shape index (κ1) is 24.2. The Bertz CT molecular complexity index is 1330. The number of hydrogen-bond donors (Lipinski definition) is 0. The van der Waals surface area contributed by atoms with Crippen molar-refractivity contribution in [3.8, 4) is 11.4 Å². The van der Waals surface area contributed by atoms with E-state index < -0.39 is 0 Å². The van der Waals surface area contributed by atoms with Crippen LogP contribution in [0.2, 0.25) is 5.02 Å². The summed E-state index contributed by atoms with van der Waals surface area (Å²) in [5, 5.41) is 0.427. The number of amides is 2. The predicted octanol–water partition coefficient (Wildman–Crippen LogP) is 6.79. The summed E-state index contributed by atoms with van der Waals surface area (Å²) in [5.41, 5.74) is 7.00. The lowest BCUT2D eigenvalue weighted by atomic mass is 10.1. The fraction of sp³-hybridized carbons (Fsp3) is 0.259. The number of carbonyl (C=O) groups is 2. The molecule has 7 heteroatoms. The van der Waals surface area contributed by atoms with Gasteiger partial charge in [-0.25, -0.2) is 0 Å². The van der Waals surface area contributed by atoms with Gasteiger partial charge in [-0.2, -0.15) is 0 Å². The quantitative estimate of drug-likeness (QED) is 0.354. The van der Waals surface area contributed by atoms with Crippen molar-refractivity contribution < 1.29 is 14.3 Å². The summed E-state index contributed by atoms with van der Waals surface area (Å²) >= 11 is 7.30. The molecule has 4 rings (SSSR count). The molecule has 5 nitrogen and oxygen atoms in total. The van der Waals surface area contributed by atoms with Gasteiger partial charge in [0.1, 0.15) is 12.4 Å². The molecule has 0 aliphatic carbocycles. The molecule has 1 saturated heterocycles. The molecule has 1 aliphatic heterocycles. The van der Waals surface area contributed by atoms with E-state index in [0.29, 0.717) is 9.93 Å². The number of carbonyl (C=O) groups excluding carboxylic acids is 2. The largest absolute Gasteiger partial charge is 0.491 e. The highest BCUT2D eigenvalue weighted by Crippen LogP contribution is 2.34. The average molecular weight is 495 g/mol. The Morgan fingerprint density at radius 2 is 1.79 bits per heavy atom. The molecule has 1 fully saturated rings. The van der Waals surface area contributed by atoms with Gasteiger partial charge in [0, 0.05) is 22.1 Å². The Kier molecular flexibility index (Phi) is 6.91. The molecule has 0 bridgehead atoms. The van der Waals surface area contributed by atoms with Crippen LogP contribution < -0.4 is 4.74 Å². The van der Waals surface area contributed by atoms with E-state index in [9.17, 15) is 9.59 Å². The first-order chi connectivity index (χ1) is 16.2. The van der Waals surface area contributed by atoms with Gasteiger partial charge in [0.15, 0.2) is 0 Å². The van der Waals surface area contributed by atoms with Crippen LogP contribution in [0.5, 0.6) is 5.75 Å². The molecule has 1 aromatic heterocycles. The molecule has 0 saturated carbocycles. The Morgan fingerprint density at radius 1 is 1.03 bits per heavy atom. The molecule has 0 N–H and O–H groups in total. The molecular weight excluding hydrogens is 468 g/mol. The van der Waals surface area contributed by atoms with Gasteiger partial charge in [0.25, 0.3) is 11.1 Å². The fourth-order valence-electron chi connectivity index (χ4n) is 4.09. The number of nitrogens with zero attached hydrogens (tertiary/aromatic N) is 2. The van der Waals surface area contributed by atoms with Crippen LogP contribution in [0.25, 0.3) is 11.8 Å². The van der Waals surface area contributed by atoms with E-state index in [2.05, 4.69) is 4.57 Å². The Hall–Kier alpha value is -2.96.